The van der Waals surface area contributed by atoms with Gasteiger partial charge in [0.15, 0.2) is 0 Å². The van der Waals surface area contributed by atoms with Crippen molar-refractivity contribution in [2.24, 2.45) is 0 Å². The fourth-order valence-electron chi connectivity index (χ4n) is 5.70. The van der Waals surface area contributed by atoms with Crippen LogP contribution in [-0.2, 0) is 0 Å². The molecule has 0 aliphatic rings. The van der Waals surface area contributed by atoms with Crippen LogP contribution in [0.1, 0.15) is 0 Å². The van der Waals surface area contributed by atoms with Crippen LogP contribution in [0.3, 0.4) is 0 Å². The molecule has 3 aromatic carbocycles. The van der Waals surface area contributed by atoms with E-state index in [4.69, 9.17) is 15.0 Å². The average molecular weight is 526 g/mol. The summed E-state index contributed by atoms with van der Waals surface area (Å²) < 4.78 is 2.20. The van der Waals surface area contributed by atoms with Crippen LogP contribution in [0.25, 0.3) is 72.2 Å². The zero-order chi connectivity index (χ0) is 27.2. The van der Waals surface area contributed by atoms with Crippen molar-refractivity contribution in [3.8, 4) is 45.0 Å². The molecule has 5 aromatic heterocycles. The summed E-state index contributed by atoms with van der Waals surface area (Å²) >= 11 is 0. The quantitative estimate of drug-likeness (QED) is 0.231. The van der Waals surface area contributed by atoms with Gasteiger partial charge in [-0.2, -0.15) is 0 Å². The van der Waals surface area contributed by atoms with Gasteiger partial charge >= 0.3 is 0 Å². The molecule has 0 spiro atoms. The Balaban J connectivity index is 1.36. The van der Waals surface area contributed by atoms with Gasteiger partial charge in [-0.25, -0.2) is 4.98 Å². The minimum Gasteiger partial charge on any atom is -0.298 e. The monoisotopic (exact) mass is 525 g/mol. The predicted octanol–water partition coefficient (Wildman–Crippen LogP) is 8.49. The highest BCUT2D eigenvalue weighted by Crippen LogP contribution is 2.40. The summed E-state index contributed by atoms with van der Waals surface area (Å²) in [6.45, 7) is 0. The molecule has 0 amide bonds. The molecular formula is C36H23N5. The van der Waals surface area contributed by atoms with E-state index in [-0.39, 0.29) is 0 Å². The number of hydrogen-bond donors (Lipinski definition) is 0. The molecule has 192 valence electrons. The first-order valence-corrected chi connectivity index (χ1v) is 13.6. The fourth-order valence-corrected chi connectivity index (χ4v) is 5.70. The molecule has 0 fully saturated rings. The van der Waals surface area contributed by atoms with Crippen molar-refractivity contribution in [1.82, 2.24) is 24.3 Å². The number of hydrogen-bond acceptors (Lipinski definition) is 4. The molecule has 0 aliphatic heterocycles. The molecule has 0 radical (unpaired) electrons. The van der Waals surface area contributed by atoms with Gasteiger partial charge in [-0.15, -0.1) is 0 Å². The molecule has 0 unspecified atom stereocenters. The maximum Gasteiger partial charge on any atom is 0.145 e. The van der Waals surface area contributed by atoms with Gasteiger partial charge in [0.25, 0.3) is 0 Å². The smallest absolute Gasteiger partial charge is 0.145 e. The zero-order valence-corrected chi connectivity index (χ0v) is 22.0. The van der Waals surface area contributed by atoms with Gasteiger partial charge in [-0.05, 0) is 58.1 Å². The Kier molecular flexibility index (Phi) is 5.38. The number of nitrogens with zero attached hydrogens (tertiary/aromatic N) is 5. The van der Waals surface area contributed by atoms with E-state index in [1.165, 1.54) is 0 Å². The maximum atomic E-state index is 5.20. The van der Waals surface area contributed by atoms with E-state index in [0.29, 0.717) is 0 Å². The lowest BCUT2D eigenvalue weighted by atomic mass is 9.94. The topological polar surface area (TPSA) is 56.0 Å². The second-order valence-corrected chi connectivity index (χ2v) is 9.99. The van der Waals surface area contributed by atoms with Gasteiger partial charge in [0.05, 0.1) is 17.1 Å². The van der Waals surface area contributed by atoms with Crippen molar-refractivity contribution in [3.63, 3.8) is 0 Å². The molecule has 8 aromatic rings. The van der Waals surface area contributed by atoms with Crippen molar-refractivity contribution in [3.05, 3.63) is 140 Å². The Hall–Kier alpha value is -5.68. The molecule has 5 nitrogen and oxygen atoms in total. The largest absolute Gasteiger partial charge is 0.298 e. The number of imidazole rings is 1. The van der Waals surface area contributed by atoms with E-state index in [1.807, 2.05) is 42.7 Å². The minimum absolute atomic E-state index is 0.844. The van der Waals surface area contributed by atoms with E-state index in [9.17, 15) is 0 Å². The molecule has 0 aliphatic carbocycles. The molecule has 0 saturated carbocycles. The fraction of sp³-hybridized carbons (Fsp3) is 0. The predicted molar refractivity (Wildman–Crippen MR) is 165 cm³/mol. The summed E-state index contributed by atoms with van der Waals surface area (Å²) in [4.78, 5) is 18.9. The molecule has 0 saturated heterocycles. The standard InChI is InChI=1S/C36H23N5/c1-2-8-27-25(7-1)18-22-41-35(34(40-36(27)41)33-11-5-6-19-38-33)31-14-13-30(28-9-3-4-10-29(28)31)32-15-12-26(23-39-32)24-16-20-37-21-17-24/h1-23H. The third kappa shape index (κ3) is 3.86. The van der Waals surface area contributed by atoms with E-state index >= 15 is 0 Å². The number of pyridine rings is 4. The van der Waals surface area contributed by atoms with Crippen molar-refractivity contribution in [1.29, 1.82) is 0 Å². The molecule has 41 heavy (non-hydrogen) atoms. The highest BCUT2D eigenvalue weighted by atomic mass is 15.0. The number of aromatic nitrogens is 5. The highest BCUT2D eigenvalue weighted by Gasteiger charge is 2.21. The van der Waals surface area contributed by atoms with Crippen LogP contribution in [-0.4, -0.2) is 24.3 Å². The van der Waals surface area contributed by atoms with Crippen LogP contribution in [0.2, 0.25) is 0 Å². The molecule has 8 rings (SSSR count). The molecule has 0 bridgehead atoms. The SMILES string of the molecule is c1ccc(-c2nc3c4ccccc4ccn3c2-c2ccc(-c3ccc(-c4ccncc4)cn3)c3ccccc23)nc1. The maximum absolute atomic E-state index is 5.20. The summed E-state index contributed by atoms with van der Waals surface area (Å²) in [7, 11) is 0. The van der Waals surface area contributed by atoms with Gasteiger partial charge in [0.1, 0.15) is 11.3 Å². The first kappa shape index (κ1) is 23.2. The summed E-state index contributed by atoms with van der Waals surface area (Å²) in [6.07, 6.45) is 9.48. The Bertz CT molecular complexity index is 2180. The lowest BCUT2D eigenvalue weighted by Gasteiger charge is -2.13. The third-order valence-corrected chi connectivity index (χ3v) is 7.66. The Morgan fingerprint density at radius 2 is 1.27 bits per heavy atom. The third-order valence-electron chi connectivity index (χ3n) is 7.66. The van der Waals surface area contributed by atoms with Crippen molar-refractivity contribution in [2.45, 2.75) is 0 Å². The highest BCUT2D eigenvalue weighted by molar-refractivity contribution is 6.07. The Morgan fingerprint density at radius 1 is 0.512 bits per heavy atom. The summed E-state index contributed by atoms with van der Waals surface area (Å²) in [5, 5.41) is 4.54. The number of fused-ring (bicyclic) bond motifs is 4. The second-order valence-electron chi connectivity index (χ2n) is 9.99. The Labute approximate surface area is 236 Å². The molecule has 5 heteroatoms. The average Bonchev–Trinajstić information content (AvgIpc) is 3.45. The van der Waals surface area contributed by atoms with Gasteiger partial charge in [0.2, 0.25) is 0 Å². The van der Waals surface area contributed by atoms with E-state index in [2.05, 4.69) is 94.4 Å². The van der Waals surface area contributed by atoms with Crippen LogP contribution in [0.4, 0.5) is 0 Å². The van der Waals surface area contributed by atoms with E-state index in [0.717, 1.165) is 72.2 Å². The number of rotatable bonds is 4. The Morgan fingerprint density at radius 3 is 2.05 bits per heavy atom. The van der Waals surface area contributed by atoms with Gasteiger partial charge < -0.3 is 0 Å². The number of benzene rings is 3. The van der Waals surface area contributed by atoms with Gasteiger partial charge in [-0.3, -0.25) is 19.4 Å². The van der Waals surface area contributed by atoms with Crippen molar-refractivity contribution in [2.75, 3.05) is 0 Å². The molecule has 0 N–H and O–H groups in total. The van der Waals surface area contributed by atoms with Crippen LogP contribution in [0.15, 0.2) is 140 Å². The van der Waals surface area contributed by atoms with Crippen molar-refractivity contribution >= 4 is 27.2 Å². The first-order chi connectivity index (χ1) is 20.3. The molecule has 0 atom stereocenters. The lowest BCUT2D eigenvalue weighted by Crippen LogP contribution is -1.94. The van der Waals surface area contributed by atoms with E-state index < -0.39 is 0 Å². The van der Waals surface area contributed by atoms with Gasteiger partial charge in [0, 0.05) is 53.1 Å². The molecule has 5 heterocycles. The molecular weight excluding hydrogens is 502 g/mol. The summed E-state index contributed by atoms with van der Waals surface area (Å²) in [5.41, 5.74) is 8.92. The summed E-state index contributed by atoms with van der Waals surface area (Å²) in [6, 6.07) is 37.6. The lowest BCUT2D eigenvalue weighted by molar-refractivity contribution is 1.21. The van der Waals surface area contributed by atoms with Crippen LogP contribution < -0.4 is 0 Å². The van der Waals surface area contributed by atoms with Crippen LogP contribution >= 0.6 is 0 Å². The minimum atomic E-state index is 0.844. The van der Waals surface area contributed by atoms with Gasteiger partial charge in [-0.1, -0.05) is 72.8 Å². The van der Waals surface area contributed by atoms with E-state index in [1.54, 1.807) is 12.4 Å². The zero-order valence-electron chi connectivity index (χ0n) is 22.0. The summed E-state index contributed by atoms with van der Waals surface area (Å²) in [5.74, 6) is 0. The first-order valence-electron chi connectivity index (χ1n) is 13.6. The van der Waals surface area contributed by atoms with Crippen LogP contribution in [0, 0.1) is 0 Å². The van der Waals surface area contributed by atoms with Crippen molar-refractivity contribution < 1.29 is 0 Å². The second kappa shape index (κ2) is 9.50. The van der Waals surface area contributed by atoms with Crippen LogP contribution in [0.5, 0.6) is 0 Å². The normalized spacial score (nSPS) is 11.4.